The van der Waals surface area contributed by atoms with Gasteiger partial charge in [0.25, 0.3) is 0 Å². The quantitative estimate of drug-likeness (QED) is 0.133. The Morgan fingerprint density at radius 1 is 0.220 bits per heavy atom. The Labute approximate surface area is 547 Å². The number of hydrogen-bond donors (Lipinski definition) is 2. The second-order valence-electron chi connectivity index (χ2n) is 23.3. The smallest absolute Gasteiger partial charge is 0.423 e. The average Bonchev–Trinajstić information content (AvgIpc) is 1.56. The van der Waals surface area contributed by atoms with Gasteiger partial charge in [-0.3, -0.25) is 0 Å². The van der Waals surface area contributed by atoms with Crippen LogP contribution in [0.1, 0.15) is 14.9 Å². The second kappa shape index (κ2) is 23.1. The van der Waals surface area contributed by atoms with E-state index in [2.05, 4.69) is 305 Å². The van der Waals surface area contributed by atoms with Crippen molar-refractivity contribution >= 4 is 109 Å². The molecule has 3 aliphatic carbocycles. The maximum Gasteiger partial charge on any atom is 0.489 e. The number of rotatable bonds is 5. The van der Waals surface area contributed by atoms with Crippen LogP contribution in [0.3, 0.4) is 0 Å². The minimum atomic E-state index is -1.39. The molecule has 0 unspecified atom stereocenters. The van der Waals surface area contributed by atoms with Crippen LogP contribution in [0.15, 0.2) is 306 Å². The zero-order valence-electron chi connectivity index (χ0n) is 48.0. The summed E-state index contributed by atoms with van der Waals surface area (Å²) < 4.78 is 1.85. The van der Waals surface area contributed by atoms with Crippen LogP contribution in [0.4, 0.5) is 0 Å². The van der Waals surface area contributed by atoms with Crippen LogP contribution >= 0.6 is 31.9 Å². The molecular formula is C86H59BBr2O2. The Hall–Kier alpha value is -9.98. The Balaban J connectivity index is 0.000000130. The molecule has 0 aromatic heterocycles. The van der Waals surface area contributed by atoms with Crippen molar-refractivity contribution in [1.82, 2.24) is 0 Å². The second-order valence-corrected chi connectivity index (χ2v) is 25.0. The van der Waals surface area contributed by atoms with Crippen LogP contribution in [0.5, 0.6) is 0 Å². The van der Waals surface area contributed by atoms with Gasteiger partial charge in [0, 0.05) is 8.95 Å². The molecule has 0 amide bonds. The normalized spacial score (nSPS) is 11.6. The van der Waals surface area contributed by atoms with Gasteiger partial charge in [0.15, 0.2) is 0 Å². The van der Waals surface area contributed by atoms with E-state index in [1.54, 1.807) is 18.2 Å². The summed E-state index contributed by atoms with van der Waals surface area (Å²) in [5.41, 5.74) is 26.9. The van der Waals surface area contributed by atoms with Crippen LogP contribution in [0, 0.1) is 0 Å². The van der Waals surface area contributed by atoms with Crippen molar-refractivity contribution in [2.24, 2.45) is 0 Å². The van der Waals surface area contributed by atoms with Gasteiger partial charge in [-0.1, -0.05) is 308 Å². The molecule has 2 nitrogen and oxygen atoms in total. The molecule has 0 saturated carbocycles. The molecule has 0 aliphatic heterocycles. The largest absolute Gasteiger partial charge is 0.489 e. The van der Waals surface area contributed by atoms with E-state index >= 15 is 0 Å². The van der Waals surface area contributed by atoms with Gasteiger partial charge >= 0.3 is 7.12 Å². The number of hydrogen-bond acceptors (Lipinski definition) is 2. The SMILES string of the molecule is Brc1ccc2c3c(cccc13)-c1c-2c(-c2ccccc2)c2cc3ccccc3cc2c1-c1ccccc1.C.C.OB(O)c1ccccc1Br.c1ccc(-c2c3c(c(-c4ccccc4)c4cc5ccccc5cc24)-c2ccc4c5c(ccc-3c25)-c2ccccc2-4)cc1. The van der Waals surface area contributed by atoms with Crippen LogP contribution in [-0.2, 0) is 0 Å². The van der Waals surface area contributed by atoms with E-state index < -0.39 is 7.12 Å². The molecule has 91 heavy (non-hydrogen) atoms. The first-order chi connectivity index (χ1) is 43.9. The van der Waals surface area contributed by atoms with Crippen molar-refractivity contribution in [1.29, 1.82) is 0 Å². The highest BCUT2D eigenvalue weighted by Crippen LogP contribution is 2.63. The Bertz CT molecular complexity index is 5310. The fourth-order valence-electron chi connectivity index (χ4n) is 14.8. The van der Waals surface area contributed by atoms with Crippen molar-refractivity contribution in [3.05, 3.63) is 306 Å². The lowest BCUT2D eigenvalue weighted by Crippen LogP contribution is -2.30. The maximum absolute atomic E-state index is 8.73. The fourth-order valence-corrected chi connectivity index (χ4v) is 15.8. The van der Waals surface area contributed by atoms with Gasteiger partial charge in [-0.25, -0.2) is 0 Å². The Kier molecular flexibility index (Phi) is 14.6. The lowest BCUT2D eigenvalue weighted by atomic mass is 9.80. The van der Waals surface area contributed by atoms with Crippen molar-refractivity contribution in [3.63, 3.8) is 0 Å². The van der Waals surface area contributed by atoms with Crippen LogP contribution < -0.4 is 5.46 Å². The third-order valence-corrected chi connectivity index (χ3v) is 19.9. The van der Waals surface area contributed by atoms with E-state index in [-0.39, 0.29) is 14.9 Å². The minimum absolute atomic E-state index is 0. The molecule has 19 rings (SSSR count). The highest BCUT2D eigenvalue weighted by Gasteiger charge is 2.35. The molecule has 0 radical (unpaired) electrons. The fraction of sp³-hybridized carbons (Fsp3) is 0.0233. The molecule has 0 spiro atoms. The van der Waals surface area contributed by atoms with Crippen molar-refractivity contribution in [2.45, 2.75) is 14.9 Å². The lowest BCUT2D eigenvalue weighted by molar-refractivity contribution is 0.425. The summed E-state index contributed by atoms with van der Waals surface area (Å²) >= 11 is 7.01. The van der Waals surface area contributed by atoms with E-state index in [1.807, 2.05) is 6.07 Å². The van der Waals surface area contributed by atoms with E-state index in [1.165, 1.54) is 176 Å². The highest BCUT2D eigenvalue weighted by atomic mass is 79.9. The summed E-state index contributed by atoms with van der Waals surface area (Å²) in [4.78, 5) is 0. The zero-order chi connectivity index (χ0) is 59.4. The summed E-state index contributed by atoms with van der Waals surface area (Å²) in [5, 5.41) is 33.1. The van der Waals surface area contributed by atoms with Gasteiger partial charge in [-0.2, -0.15) is 0 Å². The summed E-state index contributed by atoms with van der Waals surface area (Å²) in [6, 6.07) is 108. The third kappa shape index (κ3) is 9.13. The predicted molar refractivity (Wildman–Crippen MR) is 398 cm³/mol. The highest BCUT2D eigenvalue weighted by molar-refractivity contribution is 9.11. The Morgan fingerprint density at radius 2 is 0.516 bits per heavy atom. The number of benzene rings is 16. The summed E-state index contributed by atoms with van der Waals surface area (Å²) in [6.45, 7) is 0. The van der Waals surface area contributed by atoms with E-state index in [9.17, 15) is 0 Å². The van der Waals surface area contributed by atoms with Crippen LogP contribution in [0.25, 0.3) is 176 Å². The molecule has 5 heteroatoms. The third-order valence-electron chi connectivity index (χ3n) is 18.5. The summed E-state index contributed by atoms with van der Waals surface area (Å²) in [5.74, 6) is 0. The molecule has 2 N–H and O–H groups in total. The molecular weight excluding hydrogens is 1240 g/mol. The van der Waals surface area contributed by atoms with Crippen molar-refractivity contribution in [3.8, 4) is 111 Å². The molecule has 16 aromatic carbocycles. The molecule has 0 heterocycles. The molecule has 0 fully saturated rings. The molecule has 0 saturated heterocycles. The monoisotopic (exact) mass is 1290 g/mol. The van der Waals surface area contributed by atoms with Crippen molar-refractivity contribution < 1.29 is 10.0 Å². The van der Waals surface area contributed by atoms with Gasteiger partial charge in [0.2, 0.25) is 0 Å². The first-order valence-electron chi connectivity index (χ1n) is 30.2. The minimum Gasteiger partial charge on any atom is -0.423 e. The first-order valence-corrected chi connectivity index (χ1v) is 31.8. The van der Waals surface area contributed by atoms with E-state index in [0.717, 1.165) is 4.47 Å². The van der Waals surface area contributed by atoms with E-state index in [4.69, 9.17) is 10.0 Å². The summed E-state index contributed by atoms with van der Waals surface area (Å²) in [7, 11) is -1.39. The van der Waals surface area contributed by atoms with Crippen LogP contribution in [-0.4, -0.2) is 17.2 Å². The molecule has 0 atom stereocenters. The first kappa shape index (κ1) is 57.5. The Morgan fingerprint density at radius 3 is 0.890 bits per heavy atom. The van der Waals surface area contributed by atoms with E-state index in [0.29, 0.717) is 9.94 Å². The molecule has 432 valence electrons. The molecule has 3 aliphatic rings. The standard InChI is InChI=1S/C42H24.C36H21Br.C6H6BBrO2.2CH4/c1-3-11-25(12-4-1)37-35-23-27-15-7-8-16-28(27)24-36(35)38(26-13-5-2-6-14-26)42-34-22-20-32-30-18-10-9-17-29(30)31-19-21-33(41(37)42)40(34)39(31)32;37-31-19-18-28-34-26(31)16-9-17-27(34)35-32(22-10-3-1-4-11-22)29-20-24-14-7-8-15-25(24)21-30(29)33(36(28)35)23-12-5-2-6-13-23;8-6-4-2-1-3-5(6)7(9)10;;/h1-24H;1-21H;1-4,9-10H;2*1H4. The topological polar surface area (TPSA) is 40.5 Å². The molecule has 16 aromatic rings. The van der Waals surface area contributed by atoms with Gasteiger partial charge in [-0.05, 0) is 218 Å². The number of fused-ring (bicyclic) bond motifs is 13. The predicted octanol–water partition coefficient (Wildman–Crippen LogP) is 24.1. The van der Waals surface area contributed by atoms with Gasteiger partial charge in [0.1, 0.15) is 0 Å². The average molecular weight is 1300 g/mol. The van der Waals surface area contributed by atoms with Gasteiger partial charge < -0.3 is 10.0 Å². The van der Waals surface area contributed by atoms with Crippen molar-refractivity contribution in [2.75, 3.05) is 0 Å². The zero-order valence-corrected chi connectivity index (χ0v) is 51.2. The lowest BCUT2D eigenvalue weighted by Gasteiger charge is -2.21. The van der Waals surface area contributed by atoms with Crippen LogP contribution in [0.2, 0.25) is 0 Å². The maximum atomic E-state index is 8.73. The summed E-state index contributed by atoms with van der Waals surface area (Å²) in [6.07, 6.45) is 0. The van der Waals surface area contributed by atoms with Gasteiger partial charge in [-0.15, -0.1) is 0 Å². The number of halogens is 2. The van der Waals surface area contributed by atoms with Gasteiger partial charge in [0.05, 0.1) is 0 Å². The molecule has 0 bridgehead atoms.